The van der Waals surface area contributed by atoms with Crippen LogP contribution in [0.1, 0.15) is 56.3 Å². The lowest BCUT2D eigenvalue weighted by atomic mass is 9.56. The van der Waals surface area contributed by atoms with Crippen molar-refractivity contribution in [2.24, 2.45) is 5.41 Å². The molecule has 1 unspecified atom stereocenters. The highest BCUT2D eigenvalue weighted by atomic mass is 15.2. The first-order chi connectivity index (χ1) is 12.2. The summed E-state index contributed by atoms with van der Waals surface area (Å²) in [6, 6.07) is 13.5. The minimum absolute atomic E-state index is 0.0187. The molecule has 26 heavy (non-hydrogen) atoms. The molecular formula is C23H29N3. The molecule has 0 amide bonds. The fraction of sp³-hybridized carbons (Fsp3) is 0.435. The average Bonchev–Trinajstić information content (AvgIpc) is 2.88. The van der Waals surface area contributed by atoms with E-state index in [0.29, 0.717) is 0 Å². The molecule has 0 N–H and O–H groups in total. The van der Waals surface area contributed by atoms with Gasteiger partial charge >= 0.3 is 0 Å². The SMILES string of the molecule is Cc1nc2c3c(ccn2c1C)C(C)(C)C(C)(C)C(c1ccccc1)N3C. The van der Waals surface area contributed by atoms with E-state index in [1.165, 1.54) is 22.5 Å². The maximum absolute atomic E-state index is 4.94. The van der Waals surface area contributed by atoms with Gasteiger partial charge < -0.3 is 9.30 Å². The molecule has 0 bridgehead atoms. The van der Waals surface area contributed by atoms with Gasteiger partial charge in [0.2, 0.25) is 0 Å². The minimum atomic E-state index is 0.0187. The number of nitrogens with zero attached hydrogens (tertiary/aromatic N) is 3. The summed E-state index contributed by atoms with van der Waals surface area (Å²) in [6.07, 6.45) is 2.19. The summed E-state index contributed by atoms with van der Waals surface area (Å²) >= 11 is 0. The van der Waals surface area contributed by atoms with Crippen molar-refractivity contribution in [3.63, 3.8) is 0 Å². The predicted molar refractivity (Wildman–Crippen MR) is 109 cm³/mol. The molecule has 0 saturated carbocycles. The summed E-state index contributed by atoms with van der Waals surface area (Å²) in [4.78, 5) is 7.39. The van der Waals surface area contributed by atoms with Crippen molar-refractivity contribution >= 4 is 11.3 Å². The molecule has 0 aliphatic carbocycles. The van der Waals surface area contributed by atoms with Gasteiger partial charge in [0.1, 0.15) is 0 Å². The molecule has 0 saturated heterocycles. The van der Waals surface area contributed by atoms with Crippen LogP contribution in [-0.4, -0.2) is 16.4 Å². The zero-order chi connectivity index (χ0) is 18.9. The molecule has 0 spiro atoms. The number of aromatic nitrogens is 2. The first kappa shape index (κ1) is 17.1. The van der Waals surface area contributed by atoms with Crippen LogP contribution in [0.5, 0.6) is 0 Å². The number of anilines is 1. The number of hydrogen-bond acceptors (Lipinski definition) is 2. The Bertz CT molecular complexity index is 980. The molecule has 0 fully saturated rings. The van der Waals surface area contributed by atoms with E-state index in [4.69, 9.17) is 4.98 Å². The van der Waals surface area contributed by atoms with Gasteiger partial charge in [-0.3, -0.25) is 0 Å². The van der Waals surface area contributed by atoms with Crippen LogP contribution in [0.4, 0.5) is 5.69 Å². The van der Waals surface area contributed by atoms with E-state index in [2.05, 4.69) is 100 Å². The summed E-state index contributed by atoms with van der Waals surface area (Å²) in [7, 11) is 2.23. The summed E-state index contributed by atoms with van der Waals surface area (Å²) in [5, 5.41) is 0. The molecule has 1 aromatic carbocycles. The number of benzene rings is 1. The van der Waals surface area contributed by atoms with Crippen LogP contribution in [0.2, 0.25) is 0 Å². The van der Waals surface area contributed by atoms with Crippen LogP contribution < -0.4 is 4.90 Å². The zero-order valence-corrected chi connectivity index (χ0v) is 17.0. The van der Waals surface area contributed by atoms with Gasteiger partial charge in [-0.25, -0.2) is 4.98 Å². The Morgan fingerprint density at radius 1 is 0.962 bits per heavy atom. The van der Waals surface area contributed by atoms with Crippen LogP contribution in [0, 0.1) is 19.3 Å². The maximum atomic E-state index is 4.94. The van der Waals surface area contributed by atoms with Crippen molar-refractivity contribution in [1.29, 1.82) is 0 Å². The Hall–Kier alpha value is -2.29. The lowest BCUT2D eigenvalue weighted by Gasteiger charge is -2.56. The molecule has 1 aliphatic heterocycles. The number of pyridine rings is 1. The largest absolute Gasteiger partial charge is 0.364 e. The lowest BCUT2D eigenvalue weighted by molar-refractivity contribution is 0.136. The molecule has 4 rings (SSSR count). The van der Waals surface area contributed by atoms with Gasteiger partial charge in [-0.2, -0.15) is 0 Å². The van der Waals surface area contributed by atoms with E-state index < -0.39 is 0 Å². The van der Waals surface area contributed by atoms with Gasteiger partial charge in [0.25, 0.3) is 0 Å². The maximum Gasteiger partial charge on any atom is 0.161 e. The van der Waals surface area contributed by atoms with Gasteiger partial charge in [0.05, 0.1) is 17.4 Å². The van der Waals surface area contributed by atoms with E-state index in [1.54, 1.807) is 0 Å². The highest BCUT2D eigenvalue weighted by Gasteiger charge is 2.52. The van der Waals surface area contributed by atoms with Gasteiger partial charge in [-0.1, -0.05) is 58.0 Å². The van der Waals surface area contributed by atoms with Crippen molar-refractivity contribution in [2.75, 3.05) is 11.9 Å². The summed E-state index contributed by atoms with van der Waals surface area (Å²) in [5.41, 5.74) is 7.48. The smallest absolute Gasteiger partial charge is 0.161 e. The Labute approximate surface area is 156 Å². The van der Waals surface area contributed by atoms with Crippen molar-refractivity contribution in [2.45, 2.75) is 53.0 Å². The minimum Gasteiger partial charge on any atom is -0.364 e. The summed E-state index contributed by atoms with van der Waals surface area (Å²) in [6.45, 7) is 13.8. The van der Waals surface area contributed by atoms with Crippen LogP contribution in [0.3, 0.4) is 0 Å². The fourth-order valence-electron chi connectivity index (χ4n) is 4.75. The monoisotopic (exact) mass is 347 g/mol. The first-order valence-corrected chi connectivity index (χ1v) is 9.44. The van der Waals surface area contributed by atoms with E-state index >= 15 is 0 Å². The summed E-state index contributed by atoms with van der Waals surface area (Å²) < 4.78 is 2.24. The third-order valence-corrected chi connectivity index (χ3v) is 7.07. The van der Waals surface area contributed by atoms with E-state index in [0.717, 1.165) is 11.3 Å². The van der Waals surface area contributed by atoms with Crippen molar-refractivity contribution in [1.82, 2.24) is 9.38 Å². The standard InChI is InChI=1S/C23H29N3/c1-15-16(2)26-14-13-18-19(21(26)24-15)25(7)20(17-11-9-8-10-12-17)23(5,6)22(18,3)4/h8-14,20H,1-7H3. The Morgan fingerprint density at radius 2 is 1.62 bits per heavy atom. The van der Waals surface area contributed by atoms with E-state index in [9.17, 15) is 0 Å². The highest BCUT2D eigenvalue weighted by Crippen LogP contribution is 2.58. The highest BCUT2D eigenvalue weighted by molar-refractivity contribution is 5.77. The van der Waals surface area contributed by atoms with Crippen LogP contribution in [0.25, 0.3) is 5.65 Å². The predicted octanol–water partition coefficient (Wildman–Crippen LogP) is 5.45. The number of imidazole rings is 1. The van der Waals surface area contributed by atoms with Crippen LogP contribution in [-0.2, 0) is 5.41 Å². The molecule has 3 aromatic rings. The number of hydrogen-bond donors (Lipinski definition) is 0. The van der Waals surface area contributed by atoms with Gasteiger partial charge in [0.15, 0.2) is 5.65 Å². The summed E-state index contributed by atoms with van der Waals surface area (Å²) in [5.74, 6) is 0. The molecule has 2 aromatic heterocycles. The number of aryl methyl sites for hydroxylation is 2. The molecule has 3 nitrogen and oxygen atoms in total. The molecular weight excluding hydrogens is 318 g/mol. The van der Waals surface area contributed by atoms with Gasteiger partial charge in [0, 0.05) is 18.9 Å². The molecule has 1 aliphatic rings. The quantitative estimate of drug-likeness (QED) is 0.584. The first-order valence-electron chi connectivity index (χ1n) is 9.44. The Balaban J connectivity index is 2.06. The van der Waals surface area contributed by atoms with Crippen LogP contribution >= 0.6 is 0 Å². The zero-order valence-electron chi connectivity index (χ0n) is 17.0. The second-order valence-electron chi connectivity index (χ2n) is 8.83. The normalized spacial score (nSPS) is 21.0. The van der Waals surface area contributed by atoms with Crippen molar-refractivity contribution in [3.05, 3.63) is 65.1 Å². The average molecular weight is 348 g/mol. The number of fused-ring (bicyclic) bond motifs is 3. The lowest BCUT2D eigenvalue weighted by Crippen LogP contribution is -2.52. The second-order valence-corrected chi connectivity index (χ2v) is 8.83. The topological polar surface area (TPSA) is 20.5 Å². The molecule has 136 valence electrons. The molecule has 1 atom stereocenters. The Morgan fingerprint density at radius 3 is 2.27 bits per heavy atom. The van der Waals surface area contributed by atoms with Crippen molar-refractivity contribution in [3.8, 4) is 0 Å². The fourth-order valence-corrected chi connectivity index (χ4v) is 4.75. The van der Waals surface area contributed by atoms with E-state index in [-0.39, 0.29) is 16.9 Å². The molecule has 3 heteroatoms. The Kier molecular flexibility index (Phi) is 3.53. The molecule has 3 heterocycles. The third-order valence-electron chi connectivity index (χ3n) is 7.07. The third kappa shape index (κ3) is 2.03. The molecule has 0 radical (unpaired) electrons. The van der Waals surface area contributed by atoms with Crippen LogP contribution in [0.15, 0.2) is 42.6 Å². The van der Waals surface area contributed by atoms with Crippen molar-refractivity contribution < 1.29 is 0 Å². The second kappa shape index (κ2) is 5.35. The van der Waals surface area contributed by atoms with Gasteiger partial charge in [-0.05, 0) is 41.9 Å². The van der Waals surface area contributed by atoms with Gasteiger partial charge in [-0.15, -0.1) is 0 Å². The van der Waals surface area contributed by atoms with E-state index in [1.807, 2.05) is 0 Å². The number of rotatable bonds is 1.